The Hall–Kier alpha value is -3.64. The van der Waals surface area contributed by atoms with Crippen molar-refractivity contribution in [2.24, 2.45) is 0 Å². The van der Waals surface area contributed by atoms with Crippen LogP contribution in [0.2, 0.25) is 0 Å². The van der Waals surface area contributed by atoms with Crippen LogP contribution < -0.4 is 10.2 Å². The third-order valence-electron chi connectivity index (χ3n) is 5.20. The summed E-state index contributed by atoms with van der Waals surface area (Å²) < 4.78 is 275. The molecule has 1 N–H and O–H groups in total. The molecule has 0 saturated carbocycles. The summed E-state index contributed by atoms with van der Waals surface area (Å²) >= 11 is 0. The number of carbonyl (C=O) groups excluding carboxylic acids is 3. The highest BCUT2D eigenvalue weighted by Gasteiger charge is 2.81. The maximum Gasteiger partial charge on any atom is 0.460 e. The fourth-order valence-corrected chi connectivity index (χ4v) is 2.68. The van der Waals surface area contributed by atoms with Crippen molar-refractivity contribution in [3.8, 4) is 0 Å². The number of nitrogens with one attached hydrogen (secondary N) is 1. The van der Waals surface area contributed by atoms with Crippen LogP contribution in [0.4, 0.5) is 104 Å². The number of carbonyl (C=O) groups is 3. The first kappa shape index (κ1) is 39.4. The molecule has 3 amide bonds. The van der Waals surface area contributed by atoms with E-state index >= 15 is 0 Å². The van der Waals surface area contributed by atoms with Gasteiger partial charge in [-0.1, -0.05) is 0 Å². The molecule has 0 saturated heterocycles. The van der Waals surface area contributed by atoms with E-state index < -0.39 is 106 Å². The van der Waals surface area contributed by atoms with Gasteiger partial charge in [0.2, 0.25) is 0 Å². The number of nitrogens with zero attached hydrogens (tertiary/aromatic N) is 1. The molecule has 0 fully saturated rings. The van der Waals surface area contributed by atoms with E-state index in [1.165, 1.54) is 0 Å². The Morgan fingerprint density at radius 1 is 0.533 bits per heavy atom. The minimum atomic E-state index is -7.68. The SMILES string of the molecule is Cc1cc(N(C(=O)C(F)(F)C(F)(F)C(F)(F)F)C(=O)C(F)(F)C(F)(F)C(F)(F)F)ccc1NC(=O)C(F)(F)C(F)(F)C(F)(F)F. The predicted molar refractivity (Wildman–Crippen MR) is 100 cm³/mol. The summed E-state index contributed by atoms with van der Waals surface area (Å²) in [5, 5.41) is 0.611. The number of halogens is 21. The van der Waals surface area contributed by atoms with Gasteiger partial charge in [-0.2, -0.15) is 92.2 Å². The summed E-state index contributed by atoms with van der Waals surface area (Å²) in [6.07, 6.45) is -22.2. The van der Waals surface area contributed by atoms with E-state index in [9.17, 15) is 107 Å². The molecular formula is C19H7F21N2O3. The maximum absolute atomic E-state index is 14.0. The number of hydrogen-bond donors (Lipinski definition) is 1. The second-order valence-corrected chi connectivity index (χ2v) is 8.34. The Morgan fingerprint density at radius 2 is 0.844 bits per heavy atom. The average Bonchev–Trinajstić information content (AvgIpc) is 2.82. The molecule has 258 valence electrons. The largest absolute Gasteiger partial charge is 0.460 e. The maximum atomic E-state index is 14.0. The number of benzene rings is 1. The van der Waals surface area contributed by atoms with Gasteiger partial charge in [-0.25, -0.2) is 4.90 Å². The van der Waals surface area contributed by atoms with Gasteiger partial charge in [-0.15, -0.1) is 0 Å². The Kier molecular flexibility index (Phi) is 9.64. The molecule has 0 radical (unpaired) electrons. The molecule has 1 aromatic carbocycles. The zero-order valence-corrected chi connectivity index (χ0v) is 20.3. The Balaban J connectivity index is 3.90. The molecule has 5 nitrogen and oxygen atoms in total. The van der Waals surface area contributed by atoms with Crippen LogP contribution in [0.25, 0.3) is 0 Å². The van der Waals surface area contributed by atoms with Gasteiger partial charge in [-0.05, 0) is 30.7 Å². The number of imide groups is 1. The molecular weight excluding hydrogens is 703 g/mol. The minimum Gasteiger partial charge on any atom is -0.320 e. The molecule has 0 aliphatic heterocycles. The average molecular weight is 710 g/mol. The molecule has 0 aliphatic rings. The second-order valence-electron chi connectivity index (χ2n) is 8.34. The van der Waals surface area contributed by atoms with E-state index in [0.717, 1.165) is 0 Å². The summed E-state index contributed by atoms with van der Waals surface area (Å²) in [6, 6.07) is -1.41. The van der Waals surface area contributed by atoms with E-state index in [4.69, 9.17) is 0 Å². The van der Waals surface area contributed by atoms with Gasteiger partial charge >= 0.3 is 71.8 Å². The summed E-state index contributed by atoms with van der Waals surface area (Å²) in [5.74, 6) is -56.8. The second kappa shape index (κ2) is 11.0. The van der Waals surface area contributed by atoms with Gasteiger partial charge in [0.1, 0.15) is 0 Å². The topological polar surface area (TPSA) is 66.5 Å². The molecule has 0 atom stereocenters. The lowest BCUT2D eigenvalue weighted by Crippen LogP contribution is -2.66. The number of amides is 3. The first-order chi connectivity index (χ1) is 19.5. The number of aryl methyl sites for hydroxylation is 1. The third kappa shape index (κ3) is 6.27. The van der Waals surface area contributed by atoms with Crippen LogP contribution in [-0.2, 0) is 14.4 Å². The van der Waals surface area contributed by atoms with Crippen LogP contribution in [0.1, 0.15) is 5.56 Å². The summed E-state index contributed by atoms with van der Waals surface area (Å²) in [7, 11) is 0. The van der Waals surface area contributed by atoms with Crippen LogP contribution in [-0.4, -0.2) is 71.8 Å². The molecule has 0 heterocycles. The van der Waals surface area contributed by atoms with Crippen molar-refractivity contribution in [3.05, 3.63) is 23.8 Å². The number of hydrogen-bond acceptors (Lipinski definition) is 3. The van der Waals surface area contributed by atoms with Crippen LogP contribution in [0.15, 0.2) is 18.2 Å². The van der Waals surface area contributed by atoms with Crippen molar-refractivity contribution in [2.75, 3.05) is 10.2 Å². The Labute approximate surface area is 231 Å². The molecule has 0 unspecified atom stereocenters. The molecule has 0 aromatic heterocycles. The molecule has 26 heteroatoms. The molecule has 0 bridgehead atoms. The highest BCUT2D eigenvalue weighted by atomic mass is 19.4. The predicted octanol–water partition coefficient (Wildman–Crippen LogP) is 7.29. The first-order valence-corrected chi connectivity index (χ1v) is 10.2. The summed E-state index contributed by atoms with van der Waals surface area (Å²) in [6.45, 7) is 0.233. The fourth-order valence-electron chi connectivity index (χ4n) is 2.68. The van der Waals surface area contributed by atoms with Crippen LogP contribution in [0.5, 0.6) is 0 Å². The van der Waals surface area contributed by atoms with Crippen LogP contribution in [0.3, 0.4) is 0 Å². The van der Waals surface area contributed by atoms with Crippen LogP contribution >= 0.6 is 0 Å². The van der Waals surface area contributed by atoms with Crippen molar-refractivity contribution in [3.63, 3.8) is 0 Å². The summed E-state index contributed by atoms with van der Waals surface area (Å²) in [4.78, 5) is 33.0. The standard InChI is InChI=1S/C19H7F21N2O3/c1-5-4-6(2-3-7(5)41-8(43)11(20,21)14(26,27)17(32,33)34)42(9(44)12(22,23)15(28,29)18(35,36)37)10(45)13(24,25)16(30,31)19(38,39)40/h2-4H,1H3,(H,41,43). The van der Waals surface area contributed by atoms with Crippen molar-refractivity contribution in [2.45, 2.75) is 61.0 Å². The lowest BCUT2D eigenvalue weighted by Gasteiger charge is -2.34. The molecule has 45 heavy (non-hydrogen) atoms. The molecule has 1 rings (SSSR count). The number of rotatable bonds is 8. The summed E-state index contributed by atoms with van der Waals surface area (Å²) in [5.41, 5.74) is -5.28. The quantitative estimate of drug-likeness (QED) is 0.289. The van der Waals surface area contributed by atoms with E-state index in [0.29, 0.717) is 5.32 Å². The highest BCUT2D eigenvalue weighted by Crippen LogP contribution is 2.51. The highest BCUT2D eigenvalue weighted by molar-refractivity contribution is 6.20. The van der Waals surface area contributed by atoms with E-state index in [-0.39, 0.29) is 13.0 Å². The smallest absolute Gasteiger partial charge is 0.320 e. The fraction of sp³-hybridized carbons (Fsp3) is 0.526. The minimum absolute atomic E-state index is 0.233. The Morgan fingerprint density at radius 3 is 1.13 bits per heavy atom. The van der Waals surface area contributed by atoms with E-state index in [1.54, 1.807) is 0 Å². The molecule has 1 aromatic rings. The van der Waals surface area contributed by atoms with Gasteiger partial charge in [-0.3, -0.25) is 14.4 Å². The van der Waals surface area contributed by atoms with Crippen LogP contribution in [0, 0.1) is 6.92 Å². The van der Waals surface area contributed by atoms with E-state index in [2.05, 4.69) is 0 Å². The monoisotopic (exact) mass is 710 g/mol. The Bertz CT molecular complexity index is 1280. The van der Waals surface area contributed by atoms with Gasteiger partial charge in [0.15, 0.2) is 0 Å². The zero-order chi connectivity index (χ0) is 36.4. The van der Waals surface area contributed by atoms with Gasteiger partial charge < -0.3 is 5.32 Å². The zero-order valence-electron chi connectivity index (χ0n) is 20.3. The van der Waals surface area contributed by atoms with Gasteiger partial charge in [0.25, 0.3) is 0 Å². The van der Waals surface area contributed by atoms with Crippen molar-refractivity contribution >= 4 is 29.1 Å². The lowest BCUT2D eigenvalue weighted by molar-refractivity contribution is -0.345. The first-order valence-electron chi connectivity index (χ1n) is 10.2. The van der Waals surface area contributed by atoms with Crippen molar-refractivity contribution in [1.29, 1.82) is 0 Å². The molecule has 0 spiro atoms. The van der Waals surface area contributed by atoms with Crippen molar-refractivity contribution in [1.82, 2.24) is 0 Å². The van der Waals surface area contributed by atoms with Crippen molar-refractivity contribution < 1.29 is 107 Å². The van der Waals surface area contributed by atoms with E-state index in [1.807, 2.05) is 0 Å². The lowest BCUT2D eigenvalue weighted by atomic mass is 10.0. The van der Waals surface area contributed by atoms with Gasteiger partial charge in [0.05, 0.1) is 5.69 Å². The van der Waals surface area contributed by atoms with Gasteiger partial charge in [0, 0.05) is 5.69 Å². The molecule has 0 aliphatic carbocycles. The third-order valence-corrected chi connectivity index (χ3v) is 5.20. The number of anilines is 2. The number of alkyl halides is 21. The normalized spacial score (nSPS) is 14.7.